The monoisotopic (exact) mass is 322 g/mol. The molecule has 1 N–H and O–H groups in total. The summed E-state index contributed by atoms with van der Waals surface area (Å²) in [6, 6.07) is 3.25. The van der Waals surface area contributed by atoms with E-state index in [1.807, 2.05) is 0 Å². The van der Waals surface area contributed by atoms with Crippen molar-refractivity contribution in [2.45, 2.75) is 31.9 Å². The molecule has 1 fully saturated rings. The van der Waals surface area contributed by atoms with Crippen molar-refractivity contribution < 1.29 is 24.4 Å². The number of carbonyl (C=O) groups excluding carboxylic acids is 1. The number of aryl methyl sites for hydroxylation is 1. The van der Waals surface area contributed by atoms with Crippen LogP contribution in [-0.4, -0.2) is 52.6 Å². The fourth-order valence-corrected chi connectivity index (χ4v) is 2.76. The molecule has 1 saturated heterocycles. The lowest BCUT2D eigenvalue weighted by Gasteiger charge is -2.21. The normalized spacial score (nSPS) is 20.5. The maximum absolute atomic E-state index is 12.6. The summed E-state index contributed by atoms with van der Waals surface area (Å²) < 4.78 is 5.14. The minimum atomic E-state index is -1.11. The van der Waals surface area contributed by atoms with Crippen molar-refractivity contribution in [2.75, 3.05) is 13.7 Å². The van der Waals surface area contributed by atoms with E-state index in [0.29, 0.717) is 12.0 Å². The average Bonchev–Trinajstić information content (AvgIpc) is 2.98. The number of hydrogen-bond donors (Lipinski definition) is 1. The Balaban J connectivity index is 2.34. The maximum atomic E-state index is 12.6. The molecule has 8 heteroatoms. The van der Waals surface area contributed by atoms with Crippen LogP contribution in [0.1, 0.15) is 29.3 Å². The van der Waals surface area contributed by atoms with Crippen LogP contribution < -0.4 is 0 Å². The van der Waals surface area contributed by atoms with Crippen LogP contribution >= 0.6 is 0 Å². The predicted molar refractivity (Wildman–Crippen MR) is 80.3 cm³/mol. The summed E-state index contributed by atoms with van der Waals surface area (Å²) in [6.45, 7) is 1.93. The van der Waals surface area contributed by atoms with Gasteiger partial charge < -0.3 is 14.7 Å². The molecule has 1 aliphatic rings. The first kappa shape index (κ1) is 16.9. The summed E-state index contributed by atoms with van der Waals surface area (Å²) in [5, 5.41) is 20.4. The lowest BCUT2D eigenvalue weighted by atomic mass is 10.1. The second-order valence-electron chi connectivity index (χ2n) is 5.36. The van der Waals surface area contributed by atoms with E-state index in [1.54, 1.807) is 6.92 Å². The minimum Gasteiger partial charge on any atom is -0.480 e. The topological polar surface area (TPSA) is 110 Å². The molecular formula is C15H18N2O6. The maximum Gasteiger partial charge on any atom is 0.326 e. The molecule has 23 heavy (non-hydrogen) atoms. The summed E-state index contributed by atoms with van der Waals surface area (Å²) >= 11 is 0. The number of methoxy groups -OCH3 is 1. The molecule has 1 aromatic rings. The smallest absolute Gasteiger partial charge is 0.326 e. The third-order valence-corrected chi connectivity index (χ3v) is 4.05. The molecule has 124 valence electrons. The third kappa shape index (κ3) is 3.31. The van der Waals surface area contributed by atoms with Crippen LogP contribution in [0.4, 0.5) is 5.69 Å². The summed E-state index contributed by atoms with van der Waals surface area (Å²) in [5.41, 5.74) is 0.502. The number of benzene rings is 1. The van der Waals surface area contributed by atoms with E-state index in [-0.39, 0.29) is 30.3 Å². The molecule has 0 bridgehead atoms. The molecule has 0 aromatic heterocycles. The molecule has 1 aromatic carbocycles. The Hall–Kier alpha value is -2.48. The number of nitro groups is 1. The zero-order chi connectivity index (χ0) is 17.1. The van der Waals surface area contributed by atoms with Gasteiger partial charge in [-0.25, -0.2) is 4.79 Å². The van der Waals surface area contributed by atoms with Crippen LogP contribution in [0, 0.1) is 10.1 Å². The zero-order valence-corrected chi connectivity index (χ0v) is 12.9. The molecule has 1 aliphatic heterocycles. The molecular weight excluding hydrogens is 304 g/mol. The van der Waals surface area contributed by atoms with Gasteiger partial charge in [-0.3, -0.25) is 14.9 Å². The van der Waals surface area contributed by atoms with E-state index in [9.17, 15) is 24.8 Å². The number of carboxylic acid groups (broad SMARTS) is 1. The SMILES string of the molecule is CCc1ccc(C(=O)N2CC(OC)CC2C(=O)O)cc1[N+](=O)[O-]. The zero-order valence-electron chi connectivity index (χ0n) is 12.9. The predicted octanol–water partition coefficient (Wildman–Crippen LogP) is 1.47. The highest BCUT2D eigenvalue weighted by Gasteiger charge is 2.40. The number of likely N-dealkylation sites (tertiary alicyclic amines) is 1. The van der Waals surface area contributed by atoms with Gasteiger partial charge in [0.2, 0.25) is 0 Å². The van der Waals surface area contributed by atoms with Gasteiger partial charge in [-0.1, -0.05) is 13.0 Å². The van der Waals surface area contributed by atoms with E-state index in [1.165, 1.54) is 30.2 Å². The first-order valence-electron chi connectivity index (χ1n) is 7.22. The Bertz CT molecular complexity index is 645. The second-order valence-corrected chi connectivity index (χ2v) is 5.36. The highest BCUT2D eigenvalue weighted by Crippen LogP contribution is 2.26. The van der Waals surface area contributed by atoms with Gasteiger partial charge in [0.25, 0.3) is 11.6 Å². The van der Waals surface area contributed by atoms with Crippen LogP contribution in [0.25, 0.3) is 0 Å². The highest BCUT2D eigenvalue weighted by molar-refractivity contribution is 5.97. The fourth-order valence-electron chi connectivity index (χ4n) is 2.76. The first-order valence-corrected chi connectivity index (χ1v) is 7.22. The van der Waals surface area contributed by atoms with Gasteiger partial charge in [-0.05, 0) is 12.5 Å². The Morgan fingerprint density at radius 3 is 2.70 bits per heavy atom. The van der Waals surface area contributed by atoms with Crippen molar-refractivity contribution in [3.8, 4) is 0 Å². The van der Waals surface area contributed by atoms with Gasteiger partial charge in [-0.15, -0.1) is 0 Å². The molecule has 1 amide bonds. The van der Waals surface area contributed by atoms with Gasteiger partial charge in [0.1, 0.15) is 6.04 Å². The summed E-state index contributed by atoms with van der Waals surface area (Å²) in [7, 11) is 1.46. The van der Waals surface area contributed by atoms with Crippen molar-refractivity contribution in [3.63, 3.8) is 0 Å². The van der Waals surface area contributed by atoms with Crippen LogP contribution in [0.15, 0.2) is 18.2 Å². The molecule has 2 rings (SSSR count). The molecule has 0 spiro atoms. The molecule has 8 nitrogen and oxygen atoms in total. The minimum absolute atomic E-state index is 0.108. The molecule has 2 unspecified atom stereocenters. The number of carbonyl (C=O) groups is 2. The van der Waals surface area contributed by atoms with Crippen LogP contribution in [0.3, 0.4) is 0 Å². The summed E-state index contributed by atoms with van der Waals surface area (Å²) in [4.78, 5) is 35.7. The van der Waals surface area contributed by atoms with E-state index >= 15 is 0 Å². The van der Waals surface area contributed by atoms with Crippen molar-refractivity contribution in [1.29, 1.82) is 0 Å². The Morgan fingerprint density at radius 2 is 2.17 bits per heavy atom. The van der Waals surface area contributed by atoms with Gasteiger partial charge >= 0.3 is 5.97 Å². The van der Waals surface area contributed by atoms with Gasteiger partial charge in [0.15, 0.2) is 0 Å². The van der Waals surface area contributed by atoms with Crippen LogP contribution in [0.5, 0.6) is 0 Å². The molecule has 2 atom stereocenters. The Kier molecular flexibility index (Phi) is 4.95. The number of rotatable bonds is 5. The fraction of sp³-hybridized carbons (Fsp3) is 0.467. The average molecular weight is 322 g/mol. The quantitative estimate of drug-likeness (QED) is 0.649. The van der Waals surface area contributed by atoms with E-state index in [2.05, 4.69) is 0 Å². The van der Waals surface area contributed by atoms with Crippen molar-refractivity contribution in [3.05, 3.63) is 39.4 Å². The summed E-state index contributed by atoms with van der Waals surface area (Å²) in [6.07, 6.45) is 0.315. The van der Waals surface area contributed by atoms with Crippen LogP contribution in [-0.2, 0) is 16.0 Å². The Labute approximate surface area is 132 Å². The number of nitro benzene ring substituents is 1. The summed E-state index contributed by atoms with van der Waals surface area (Å²) in [5.74, 6) is -1.65. The van der Waals surface area contributed by atoms with E-state index < -0.39 is 22.8 Å². The number of nitrogens with zero attached hydrogens (tertiary/aromatic N) is 2. The third-order valence-electron chi connectivity index (χ3n) is 4.05. The van der Waals surface area contributed by atoms with Crippen LogP contribution in [0.2, 0.25) is 0 Å². The number of carboxylic acids is 1. The van der Waals surface area contributed by atoms with Gasteiger partial charge in [-0.2, -0.15) is 0 Å². The van der Waals surface area contributed by atoms with Crippen molar-refractivity contribution >= 4 is 17.6 Å². The largest absolute Gasteiger partial charge is 0.480 e. The first-order chi connectivity index (χ1) is 10.9. The van der Waals surface area contributed by atoms with Crippen molar-refractivity contribution in [2.24, 2.45) is 0 Å². The number of amides is 1. The van der Waals surface area contributed by atoms with Crippen molar-refractivity contribution in [1.82, 2.24) is 4.90 Å². The number of ether oxygens (including phenoxy) is 1. The Morgan fingerprint density at radius 1 is 1.48 bits per heavy atom. The molecule has 0 saturated carbocycles. The highest BCUT2D eigenvalue weighted by atomic mass is 16.6. The lowest BCUT2D eigenvalue weighted by Crippen LogP contribution is -2.40. The van der Waals surface area contributed by atoms with E-state index in [4.69, 9.17) is 4.74 Å². The van der Waals surface area contributed by atoms with Gasteiger partial charge in [0.05, 0.1) is 11.0 Å². The van der Waals surface area contributed by atoms with E-state index in [0.717, 1.165) is 0 Å². The lowest BCUT2D eigenvalue weighted by molar-refractivity contribution is -0.385. The standard InChI is InChI=1S/C15H18N2O6/c1-3-9-4-5-10(6-12(9)17(21)22)14(18)16-8-11(23-2)7-13(16)15(19)20/h4-6,11,13H,3,7-8H2,1-2H3,(H,19,20). The number of hydrogen-bond acceptors (Lipinski definition) is 5. The molecule has 1 heterocycles. The van der Waals surface area contributed by atoms with Gasteiger partial charge in [0, 0.05) is 37.3 Å². The molecule has 0 radical (unpaired) electrons. The second kappa shape index (κ2) is 6.74. The number of aliphatic carboxylic acids is 1. The molecule has 0 aliphatic carbocycles.